The van der Waals surface area contributed by atoms with E-state index in [4.69, 9.17) is 10.2 Å². The second kappa shape index (κ2) is 4.03. The van der Waals surface area contributed by atoms with Gasteiger partial charge in [-0.1, -0.05) is 17.3 Å². The molecular formula is C12H12N4O. The van der Waals surface area contributed by atoms with E-state index in [9.17, 15) is 0 Å². The van der Waals surface area contributed by atoms with Gasteiger partial charge in [-0.05, 0) is 18.2 Å². The fourth-order valence-corrected chi connectivity index (χ4v) is 1.88. The number of nitrogens with zero attached hydrogens (tertiary/aromatic N) is 3. The van der Waals surface area contributed by atoms with Crippen molar-refractivity contribution in [1.29, 1.82) is 0 Å². The predicted molar refractivity (Wildman–Crippen MR) is 63.2 cm³/mol. The minimum Gasteiger partial charge on any atom is -0.468 e. The van der Waals surface area contributed by atoms with Gasteiger partial charge in [-0.2, -0.15) is 0 Å². The van der Waals surface area contributed by atoms with Crippen LogP contribution < -0.4 is 5.73 Å². The lowest BCUT2D eigenvalue weighted by molar-refractivity contribution is 0.503. The first-order valence-electron chi connectivity index (χ1n) is 5.42. The highest BCUT2D eigenvalue weighted by Gasteiger charge is 2.08. The SMILES string of the molecule is NCc1occc1Cn1nnc2ccccc21. The molecule has 0 atom stereocenters. The summed E-state index contributed by atoms with van der Waals surface area (Å²) in [5, 5.41) is 8.24. The summed E-state index contributed by atoms with van der Waals surface area (Å²) < 4.78 is 7.13. The molecule has 0 unspecified atom stereocenters. The zero-order valence-electron chi connectivity index (χ0n) is 9.21. The largest absolute Gasteiger partial charge is 0.468 e. The first-order chi connectivity index (χ1) is 8.38. The number of aromatic nitrogens is 3. The smallest absolute Gasteiger partial charge is 0.122 e. The molecule has 0 saturated carbocycles. The van der Waals surface area contributed by atoms with Crippen molar-refractivity contribution in [3.8, 4) is 0 Å². The molecule has 2 heterocycles. The molecule has 5 nitrogen and oxygen atoms in total. The van der Waals surface area contributed by atoms with Crippen molar-refractivity contribution in [2.45, 2.75) is 13.1 Å². The Morgan fingerprint density at radius 2 is 2.12 bits per heavy atom. The molecule has 0 aliphatic carbocycles. The van der Waals surface area contributed by atoms with Crippen LogP contribution >= 0.6 is 0 Å². The van der Waals surface area contributed by atoms with Gasteiger partial charge in [-0.25, -0.2) is 4.68 Å². The minimum absolute atomic E-state index is 0.398. The maximum Gasteiger partial charge on any atom is 0.122 e. The number of hydrogen-bond acceptors (Lipinski definition) is 4. The second-order valence-electron chi connectivity index (χ2n) is 3.81. The summed E-state index contributed by atoms with van der Waals surface area (Å²) in [5.41, 5.74) is 8.55. The van der Waals surface area contributed by atoms with Gasteiger partial charge >= 0.3 is 0 Å². The van der Waals surface area contributed by atoms with E-state index in [0.29, 0.717) is 13.1 Å². The fraction of sp³-hybridized carbons (Fsp3) is 0.167. The third-order valence-electron chi connectivity index (χ3n) is 2.76. The molecule has 2 aromatic heterocycles. The zero-order valence-corrected chi connectivity index (χ0v) is 9.21. The molecule has 0 aliphatic heterocycles. The lowest BCUT2D eigenvalue weighted by Gasteiger charge is -2.01. The molecule has 86 valence electrons. The van der Waals surface area contributed by atoms with E-state index < -0.39 is 0 Å². The first kappa shape index (κ1) is 10.0. The molecule has 3 rings (SSSR count). The third kappa shape index (κ3) is 1.70. The van der Waals surface area contributed by atoms with Gasteiger partial charge in [-0.15, -0.1) is 5.10 Å². The Kier molecular flexibility index (Phi) is 2.38. The van der Waals surface area contributed by atoms with Crippen molar-refractivity contribution in [2.75, 3.05) is 0 Å². The van der Waals surface area contributed by atoms with E-state index in [0.717, 1.165) is 22.4 Å². The maximum absolute atomic E-state index is 5.60. The number of nitrogens with two attached hydrogens (primary N) is 1. The minimum atomic E-state index is 0.398. The van der Waals surface area contributed by atoms with Crippen LogP contribution in [-0.2, 0) is 13.1 Å². The van der Waals surface area contributed by atoms with Crippen LogP contribution in [0.1, 0.15) is 11.3 Å². The molecule has 5 heteroatoms. The zero-order chi connectivity index (χ0) is 11.7. The normalized spacial score (nSPS) is 11.1. The quantitative estimate of drug-likeness (QED) is 0.738. The van der Waals surface area contributed by atoms with Gasteiger partial charge in [0, 0.05) is 5.56 Å². The highest BCUT2D eigenvalue weighted by molar-refractivity contribution is 5.73. The van der Waals surface area contributed by atoms with Crippen LogP contribution in [0.3, 0.4) is 0 Å². The molecule has 0 fully saturated rings. The van der Waals surface area contributed by atoms with Gasteiger partial charge in [0.15, 0.2) is 0 Å². The second-order valence-corrected chi connectivity index (χ2v) is 3.81. The average Bonchev–Trinajstić information content (AvgIpc) is 2.97. The van der Waals surface area contributed by atoms with Crippen LogP contribution in [0.2, 0.25) is 0 Å². The van der Waals surface area contributed by atoms with Crippen LogP contribution in [0.4, 0.5) is 0 Å². The van der Waals surface area contributed by atoms with Crippen LogP contribution in [0.25, 0.3) is 11.0 Å². The van der Waals surface area contributed by atoms with Crippen molar-refractivity contribution < 1.29 is 4.42 Å². The number of rotatable bonds is 3. The fourth-order valence-electron chi connectivity index (χ4n) is 1.88. The van der Waals surface area contributed by atoms with Gasteiger partial charge in [0.1, 0.15) is 11.3 Å². The van der Waals surface area contributed by atoms with Gasteiger partial charge in [0.2, 0.25) is 0 Å². The van der Waals surface area contributed by atoms with Crippen molar-refractivity contribution in [2.24, 2.45) is 5.73 Å². The van der Waals surface area contributed by atoms with E-state index in [1.807, 2.05) is 35.0 Å². The monoisotopic (exact) mass is 228 g/mol. The number of fused-ring (bicyclic) bond motifs is 1. The summed E-state index contributed by atoms with van der Waals surface area (Å²) in [5.74, 6) is 0.796. The Hall–Kier alpha value is -2.14. The summed E-state index contributed by atoms with van der Waals surface area (Å²) in [6.45, 7) is 1.03. The number of hydrogen-bond donors (Lipinski definition) is 1. The van der Waals surface area contributed by atoms with Crippen LogP contribution in [0, 0.1) is 0 Å². The molecule has 0 radical (unpaired) electrons. The lowest BCUT2D eigenvalue weighted by Crippen LogP contribution is -2.05. The maximum atomic E-state index is 5.60. The highest BCUT2D eigenvalue weighted by Crippen LogP contribution is 2.15. The van der Waals surface area contributed by atoms with Gasteiger partial charge in [0.25, 0.3) is 0 Å². The Morgan fingerprint density at radius 3 is 3.00 bits per heavy atom. The van der Waals surface area contributed by atoms with E-state index in [1.165, 1.54) is 0 Å². The summed E-state index contributed by atoms with van der Waals surface area (Å²) in [7, 11) is 0. The number of furan rings is 1. The standard InChI is InChI=1S/C12H12N4O/c13-7-12-9(5-6-17-12)8-16-11-4-2-1-3-10(11)14-15-16/h1-6H,7-8,13H2. The van der Waals surface area contributed by atoms with Crippen LogP contribution in [0.5, 0.6) is 0 Å². The molecular weight excluding hydrogens is 216 g/mol. The average molecular weight is 228 g/mol. The van der Waals surface area contributed by atoms with Crippen LogP contribution in [0.15, 0.2) is 41.0 Å². The molecule has 0 bridgehead atoms. The topological polar surface area (TPSA) is 69.9 Å². The molecule has 0 aliphatic rings. The summed E-state index contributed by atoms with van der Waals surface area (Å²) in [4.78, 5) is 0. The summed E-state index contributed by atoms with van der Waals surface area (Å²) in [6, 6.07) is 9.78. The summed E-state index contributed by atoms with van der Waals surface area (Å²) >= 11 is 0. The molecule has 17 heavy (non-hydrogen) atoms. The van der Waals surface area contributed by atoms with Crippen molar-refractivity contribution >= 4 is 11.0 Å². The molecule has 1 aromatic carbocycles. The van der Waals surface area contributed by atoms with E-state index in [-0.39, 0.29) is 0 Å². The Balaban J connectivity index is 2.00. The molecule has 0 spiro atoms. The Morgan fingerprint density at radius 1 is 1.24 bits per heavy atom. The molecule has 3 aromatic rings. The number of para-hydroxylation sites is 1. The van der Waals surface area contributed by atoms with E-state index >= 15 is 0 Å². The highest BCUT2D eigenvalue weighted by atomic mass is 16.3. The van der Waals surface area contributed by atoms with E-state index in [2.05, 4.69) is 10.3 Å². The lowest BCUT2D eigenvalue weighted by atomic mass is 10.2. The van der Waals surface area contributed by atoms with Crippen LogP contribution in [-0.4, -0.2) is 15.0 Å². The van der Waals surface area contributed by atoms with Gasteiger partial charge in [-0.3, -0.25) is 0 Å². The summed E-state index contributed by atoms with van der Waals surface area (Å²) in [6.07, 6.45) is 1.65. The first-order valence-corrected chi connectivity index (χ1v) is 5.42. The number of benzene rings is 1. The predicted octanol–water partition coefficient (Wildman–Crippen LogP) is 1.53. The van der Waals surface area contributed by atoms with Gasteiger partial charge in [0.05, 0.1) is 24.9 Å². The van der Waals surface area contributed by atoms with Crippen molar-refractivity contribution in [3.05, 3.63) is 47.9 Å². The third-order valence-corrected chi connectivity index (χ3v) is 2.76. The van der Waals surface area contributed by atoms with Gasteiger partial charge < -0.3 is 10.2 Å². The van der Waals surface area contributed by atoms with Crippen molar-refractivity contribution in [1.82, 2.24) is 15.0 Å². The Bertz CT molecular complexity index is 641. The molecule has 0 saturated heterocycles. The Labute approximate surface area is 97.8 Å². The van der Waals surface area contributed by atoms with Crippen molar-refractivity contribution in [3.63, 3.8) is 0 Å². The van der Waals surface area contributed by atoms with E-state index in [1.54, 1.807) is 6.26 Å². The molecule has 2 N–H and O–H groups in total. The molecule has 0 amide bonds.